The Morgan fingerprint density at radius 2 is 1.88 bits per heavy atom. The molecular weight excluding hydrogens is 216 g/mol. The van der Waals surface area contributed by atoms with Gasteiger partial charge in [0.05, 0.1) is 6.10 Å². The van der Waals surface area contributed by atoms with Gasteiger partial charge in [-0.25, -0.2) is 0 Å². The lowest BCUT2D eigenvalue weighted by Gasteiger charge is -2.40. The lowest BCUT2D eigenvalue weighted by atomic mass is 9.96. The minimum Gasteiger partial charge on any atom is -0.364 e. The Hall–Kier alpha value is -0.610. The van der Waals surface area contributed by atoms with Gasteiger partial charge in [-0.1, -0.05) is 0 Å². The predicted molar refractivity (Wildman–Crippen MR) is 66.6 cm³/mol. The highest BCUT2D eigenvalue weighted by Gasteiger charge is 2.37. The smallest absolute Gasteiger partial charge is 0.252 e. The van der Waals surface area contributed by atoms with Crippen LogP contribution in [0.25, 0.3) is 0 Å². The van der Waals surface area contributed by atoms with Crippen molar-refractivity contribution in [3.05, 3.63) is 0 Å². The van der Waals surface area contributed by atoms with Crippen LogP contribution in [0.1, 0.15) is 46.0 Å². The van der Waals surface area contributed by atoms with Crippen LogP contribution < -0.4 is 5.73 Å². The van der Waals surface area contributed by atoms with Crippen molar-refractivity contribution in [3.63, 3.8) is 0 Å². The zero-order chi connectivity index (χ0) is 12.4. The van der Waals surface area contributed by atoms with Crippen LogP contribution in [0.5, 0.6) is 0 Å². The first-order valence-electron chi connectivity index (χ1n) is 6.81. The summed E-state index contributed by atoms with van der Waals surface area (Å²) in [6, 6.07) is 0.707. The van der Waals surface area contributed by atoms with E-state index < -0.39 is 0 Å². The summed E-state index contributed by atoms with van der Waals surface area (Å²) in [5.74, 6) is 0.181. The topological polar surface area (TPSA) is 55.6 Å². The molecule has 2 N–H and O–H groups in total. The SMILES string of the molecule is CC1CCCC(C)N1C(=O)C1CCC(CN)O1. The molecule has 2 aliphatic rings. The fourth-order valence-electron chi connectivity index (χ4n) is 3.08. The molecule has 4 heteroatoms. The van der Waals surface area contributed by atoms with Crippen molar-refractivity contribution >= 4 is 5.91 Å². The van der Waals surface area contributed by atoms with Gasteiger partial charge in [-0.15, -0.1) is 0 Å². The largest absolute Gasteiger partial charge is 0.364 e. The second-order valence-corrected chi connectivity index (χ2v) is 5.43. The van der Waals surface area contributed by atoms with Crippen molar-refractivity contribution in [2.45, 2.75) is 70.2 Å². The average Bonchev–Trinajstić information content (AvgIpc) is 2.77. The zero-order valence-electron chi connectivity index (χ0n) is 10.9. The second-order valence-electron chi connectivity index (χ2n) is 5.43. The summed E-state index contributed by atoms with van der Waals surface area (Å²) in [4.78, 5) is 14.5. The van der Waals surface area contributed by atoms with Crippen LogP contribution >= 0.6 is 0 Å². The van der Waals surface area contributed by atoms with Gasteiger partial charge >= 0.3 is 0 Å². The molecule has 4 atom stereocenters. The van der Waals surface area contributed by atoms with Gasteiger partial charge in [-0.05, 0) is 46.0 Å². The summed E-state index contributed by atoms with van der Waals surface area (Å²) in [7, 11) is 0. The van der Waals surface area contributed by atoms with E-state index in [-0.39, 0.29) is 18.1 Å². The summed E-state index contributed by atoms with van der Waals surface area (Å²) in [6.45, 7) is 4.81. The van der Waals surface area contributed by atoms with Crippen molar-refractivity contribution in [1.29, 1.82) is 0 Å². The number of carbonyl (C=O) groups is 1. The molecule has 0 radical (unpaired) electrons. The van der Waals surface area contributed by atoms with Crippen LogP contribution in [0.15, 0.2) is 0 Å². The maximum Gasteiger partial charge on any atom is 0.252 e. The standard InChI is InChI=1S/C13H24N2O2/c1-9-4-3-5-10(2)15(9)13(16)12-7-6-11(8-14)17-12/h9-12H,3-8,14H2,1-2H3. The second kappa shape index (κ2) is 5.36. The van der Waals surface area contributed by atoms with E-state index in [4.69, 9.17) is 10.5 Å². The summed E-state index contributed by atoms with van der Waals surface area (Å²) in [5.41, 5.74) is 5.58. The van der Waals surface area contributed by atoms with E-state index in [1.807, 2.05) is 4.90 Å². The number of piperidine rings is 1. The molecule has 2 fully saturated rings. The normalized spacial score (nSPS) is 38.4. The number of hydrogen-bond acceptors (Lipinski definition) is 3. The number of nitrogens with two attached hydrogens (primary N) is 1. The first-order valence-corrected chi connectivity index (χ1v) is 6.81. The van der Waals surface area contributed by atoms with Crippen LogP contribution in [-0.2, 0) is 9.53 Å². The highest BCUT2D eigenvalue weighted by Crippen LogP contribution is 2.27. The highest BCUT2D eigenvalue weighted by molar-refractivity contribution is 5.82. The number of carbonyl (C=O) groups excluding carboxylic acids is 1. The van der Waals surface area contributed by atoms with Gasteiger partial charge in [0.15, 0.2) is 0 Å². The molecule has 2 rings (SSSR count). The average molecular weight is 240 g/mol. The molecule has 4 unspecified atom stereocenters. The molecule has 2 aliphatic heterocycles. The van der Waals surface area contributed by atoms with Crippen LogP contribution in [0.3, 0.4) is 0 Å². The van der Waals surface area contributed by atoms with Crippen LogP contribution in [0, 0.1) is 0 Å². The van der Waals surface area contributed by atoms with E-state index >= 15 is 0 Å². The third-order valence-electron chi connectivity index (χ3n) is 4.09. The Morgan fingerprint density at radius 3 is 2.41 bits per heavy atom. The molecule has 1 amide bonds. The number of likely N-dealkylation sites (tertiary alicyclic amines) is 1. The van der Waals surface area contributed by atoms with E-state index in [2.05, 4.69) is 13.8 Å². The maximum absolute atomic E-state index is 12.4. The Bertz CT molecular complexity index is 273. The van der Waals surface area contributed by atoms with Gasteiger partial charge in [0.25, 0.3) is 5.91 Å². The lowest BCUT2D eigenvalue weighted by Crippen LogP contribution is -2.51. The minimum atomic E-state index is -0.244. The highest BCUT2D eigenvalue weighted by atomic mass is 16.5. The molecule has 0 bridgehead atoms. The number of nitrogens with zero attached hydrogens (tertiary/aromatic N) is 1. The molecule has 0 aliphatic carbocycles. The fourth-order valence-corrected chi connectivity index (χ4v) is 3.08. The van der Waals surface area contributed by atoms with Gasteiger partial charge in [0, 0.05) is 18.6 Å². The molecule has 0 spiro atoms. The molecule has 2 saturated heterocycles. The molecule has 98 valence electrons. The monoisotopic (exact) mass is 240 g/mol. The van der Waals surface area contributed by atoms with E-state index in [0.717, 1.165) is 25.7 Å². The van der Waals surface area contributed by atoms with E-state index in [9.17, 15) is 4.79 Å². The van der Waals surface area contributed by atoms with Crippen molar-refractivity contribution in [1.82, 2.24) is 4.90 Å². The van der Waals surface area contributed by atoms with Crippen molar-refractivity contribution in [2.24, 2.45) is 5.73 Å². The number of ether oxygens (including phenoxy) is 1. The quantitative estimate of drug-likeness (QED) is 0.791. The zero-order valence-corrected chi connectivity index (χ0v) is 10.9. The molecular formula is C13H24N2O2. The van der Waals surface area contributed by atoms with Crippen molar-refractivity contribution < 1.29 is 9.53 Å². The van der Waals surface area contributed by atoms with Gasteiger partial charge in [-0.3, -0.25) is 4.79 Å². The van der Waals surface area contributed by atoms with Gasteiger partial charge in [0.2, 0.25) is 0 Å². The van der Waals surface area contributed by atoms with Gasteiger partial charge in [0.1, 0.15) is 6.10 Å². The molecule has 0 aromatic rings. The van der Waals surface area contributed by atoms with Crippen LogP contribution in [0.2, 0.25) is 0 Å². The first kappa shape index (κ1) is 12.8. The van der Waals surface area contributed by atoms with Gasteiger partial charge < -0.3 is 15.4 Å². The van der Waals surface area contributed by atoms with E-state index in [1.165, 1.54) is 6.42 Å². The predicted octanol–water partition coefficient (Wildman–Crippen LogP) is 1.28. The number of hydrogen-bond donors (Lipinski definition) is 1. The van der Waals surface area contributed by atoms with Crippen LogP contribution in [0.4, 0.5) is 0 Å². The van der Waals surface area contributed by atoms with Gasteiger partial charge in [-0.2, -0.15) is 0 Å². The van der Waals surface area contributed by atoms with Crippen molar-refractivity contribution in [2.75, 3.05) is 6.54 Å². The molecule has 2 heterocycles. The Kier molecular flexibility index (Phi) is 4.05. The number of amides is 1. The summed E-state index contributed by atoms with van der Waals surface area (Å²) in [6.07, 6.45) is 5.04. The lowest BCUT2D eigenvalue weighted by molar-refractivity contribution is -0.149. The molecule has 0 aromatic carbocycles. The number of rotatable bonds is 2. The third-order valence-corrected chi connectivity index (χ3v) is 4.09. The third kappa shape index (κ3) is 2.63. The minimum absolute atomic E-state index is 0.0827. The maximum atomic E-state index is 12.4. The van der Waals surface area contributed by atoms with E-state index in [1.54, 1.807) is 0 Å². The molecule has 0 aromatic heterocycles. The van der Waals surface area contributed by atoms with E-state index in [0.29, 0.717) is 18.6 Å². The Morgan fingerprint density at radius 1 is 1.24 bits per heavy atom. The summed E-state index contributed by atoms with van der Waals surface area (Å²) in [5, 5.41) is 0. The first-order chi connectivity index (χ1) is 8.13. The Balaban J connectivity index is 1.99. The molecule has 0 saturated carbocycles. The van der Waals surface area contributed by atoms with Crippen molar-refractivity contribution in [3.8, 4) is 0 Å². The Labute approximate surface area is 103 Å². The summed E-state index contributed by atoms with van der Waals surface area (Å²) >= 11 is 0. The fraction of sp³-hybridized carbons (Fsp3) is 0.923. The molecule has 17 heavy (non-hydrogen) atoms. The molecule has 4 nitrogen and oxygen atoms in total. The summed E-state index contributed by atoms with van der Waals surface area (Å²) < 4.78 is 5.71. The van der Waals surface area contributed by atoms with Crippen LogP contribution in [-0.4, -0.2) is 41.6 Å².